The Labute approximate surface area is 99.9 Å². The van der Waals surface area contributed by atoms with Gasteiger partial charge in [0.15, 0.2) is 0 Å². The van der Waals surface area contributed by atoms with Gasteiger partial charge in [0.25, 0.3) is 0 Å². The summed E-state index contributed by atoms with van der Waals surface area (Å²) in [5, 5.41) is 7.45. The van der Waals surface area contributed by atoms with Gasteiger partial charge in [0.2, 0.25) is 0 Å². The molecule has 0 bridgehead atoms. The molecular formula is C13H15NOS. The third-order valence-corrected chi connectivity index (χ3v) is 2.89. The summed E-state index contributed by atoms with van der Waals surface area (Å²) in [6, 6.07) is 12.3. The van der Waals surface area contributed by atoms with Gasteiger partial charge in [0, 0.05) is 17.6 Å². The van der Waals surface area contributed by atoms with Crippen molar-refractivity contribution < 1.29 is 4.74 Å². The van der Waals surface area contributed by atoms with Crippen molar-refractivity contribution in [3.63, 3.8) is 0 Å². The fraction of sp³-hybridized carbons (Fsp3) is 0.231. The summed E-state index contributed by atoms with van der Waals surface area (Å²) >= 11 is 1.70. The van der Waals surface area contributed by atoms with E-state index < -0.39 is 0 Å². The van der Waals surface area contributed by atoms with E-state index >= 15 is 0 Å². The fourth-order valence-corrected chi connectivity index (χ4v) is 2.01. The lowest BCUT2D eigenvalue weighted by atomic mass is 10.2. The Bertz CT molecular complexity index is 386. The highest BCUT2D eigenvalue weighted by molar-refractivity contribution is 7.08. The van der Waals surface area contributed by atoms with Crippen molar-refractivity contribution in [1.82, 2.24) is 0 Å². The maximum atomic E-state index is 5.56. The van der Waals surface area contributed by atoms with Gasteiger partial charge in [0.05, 0.1) is 13.2 Å². The molecule has 1 heterocycles. The molecule has 0 atom stereocenters. The van der Waals surface area contributed by atoms with Crippen LogP contribution in [-0.4, -0.2) is 13.2 Å². The lowest BCUT2D eigenvalue weighted by Crippen LogP contribution is -2.08. The number of hydrogen-bond acceptors (Lipinski definition) is 3. The maximum absolute atomic E-state index is 5.56. The standard InChI is InChI=1S/C13H15NOS/c1-2-4-12(5-3-1)10-15-8-7-14-13-6-9-16-11-13/h1-6,9,11,14H,7-8,10H2. The number of hydrogen-bond donors (Lipinski definition) is 1. The third kappa shape index (κ3) is 3.68. The van der Waals surface area contributed by atoms with E-state index in [0.29, 0.717) is 6.61 Å². The van der Waals surface area contributed by atoms with Gasteiger partial charge in [0.1, 0.15) is 0 Å². The Morgan fingerprint density at radius 2 is 2.00 bits per heavy atom. The van der Waals surface area contributed by atoms with Gasteiger partial charge in [-0.25, -0.2) is 0 Å². The van der Waals surface area contributed by atoms with E-state index in [1.807, 2.05) is 18.2 Å². The lowest BCUT2D eigenvalue weighted by Gasteiger charge is -2.05. The molecule has 0 aliphatic carbocycles. The highest BCUT2D eigenvalue weighted by Gasteiger charge is 1.93. The van der Waals surface area contributed by atoms with Crippen LogP contribution in [0, 0.1) is 0 Å². The van der Waals surface area contributed by atoms with E-state index in [9.17, 15) is 0 Å². The second-order valence-electron chi connectivity index (χ2n) is 3.48. The topological polar surface area (TPSA) is 21.3 Å². The molecule has 0 fully saturated rings. The Morgan fingerprint density at radius 1 is 1.12 bits per heavy atom. The SMILES string of the molecule is c1ccc(COCCNc2ccsc2)cc1. The third-order valence-electron chi connectivity index (χ3n) is 2.21. The second kappa shape index (κ2) is 6.30. The number of ether oxygens (including phenoxy) is 1. The van der Waals surface area contributed by atoms with Crippen molar-refractivity contribution in [1.29, 1.82) is 0 Å². The molecule has 16 heavy (non-hydrogen) atoms. The van der Waals surface area contributed by atoms with Gasteiger partial charge in [-0.3, -0.25) is 0 Å². The first-order valence-corrected chi connectivity index (χ1v) is 6.27. The van der Waals surface area contributed by atoms with E-state index in [1.54, 1.807) is 11.3 Å². The maximum Gasteiger partial charge on any atom is 0.0717 e. The van der Waals surface area contributed by atoms with Crippen LogP contribution < -0.4 is 5.32 Å². The van der Waals surface area contributed by atoms with Crippen molar-refractivity contribution in [2.75, 3.05) is 18.5 Å². The number of benzene rings is 1. The molecule has 0 saturated heterocycles. The van der Waals surface area contributed by atoms with Crippen LogP contribution in [-0.2, 0) is 11.3 Å². The van der Waals surface area contributed by atoms with Gasteiger partial charge in [-0.1, -0.05) is 30.3 Å². The van der Waals surface area contributed by atoms with Crippen molar-refractivity contribution >= 4 is 17.0 Å². The molecule has 1 aromatic heterocycles. The van der Waals surface area contributed by atoms with Crippen LogP contribution in [0.15, 0.2) is 47.2 Å². The van der Waals surface area contributed by atoms with Crippen LogP contribution in [0.4, 0.5) is 5.69 Å². The number of thiophene rings is 1. The average Bonchev–Trinajstić information content (AvgIpc) is 2.83. The molecule has 2 rings (SSSR count). The Balaban J connectivity index is 1.59. The number of anilines is 1. The monoisotopic (exact) mass is 233 g/mol. The molecule has 0 aliphatic rings. The highest BCUT2D eigenvalue weighted by atomic mass is 32.1. The number of nitrogens with one attached hydrogen (secondary N) is 1. The van der Waals surface area contributed by atoms with Crippen LogP contribution >= 0.6 is 11.3 Å². The molecule has 0 aliphatic heterocycles. The normalized spacial score (nSPS) is 10.2. The molecule has 0 spiro atoms. The summed E-state index contributed by atoms with van der Waals surface area (Å²) in [7, 11) is 0. The molecule has 0 saturated carbocycles. The van der Waals surface area contributed by atoms with Crippen molar-refractivity contribution in [3.8, 4) is 0 Å². The predicted molar refractivity (Wildman–Crippen MR) is 68.9 cm³/mol. The van der Waals surface area contributed by atoms with Crippen LogP contribution in [0.2, 0.25) is 0 Å². The summed E-state index contributed by atoms with van der Waals surface area (Å²) in [5.41, 5.74) is 2.39. The Hall–Kier alpha value is -1.32. The fourth-order valence-electron chi connectivity index (χ4n) is 1.40. The molecule has 0 unspecified atom stereocenters. The first-order valence-electron chi connectivity index (χ1n) is 5.33. The summed E-state index contributed by atoms with van der Waals surface area (Å²) in [5.74, 6) is 0. The predicted octanol–water partition coefficient (Wildman–Crippen LogP) is 3.38. The zero-order chi connectivity index (χ0) is 11.1. The molecule has 2 nitrogen and oxygen atoms in total. The molecule has 84 valence electrons. The van der Waals surface area contributed by atoms with E-state index in [4.69, 9.17) is 4.74 Å². The van der Waals surface area contributed by atoms with Crippen LogP contribution in [0.5, 0.6) is 0 Å². The molecular weight excluding hydrogens is 218 g/mol. The Morgan fingerprint density at radius 3 is 2.75 bits per heavy atom. The quantitative estimate of drug-likeness (QED) is 0.772. The summed E-state index contributed by atoms with van der Waals surface area (Å²) in [6.45, 7) is 2.26. The first-order chi connectivity index (χ1) is 7.95. The minimum absolute atomic E-state index is 0.687. The largest absolute Gasteiger partial charge is 0.382 e. The van der Waals surface area contributed by atoms with Gasteiger partial charge < -0.3 is 10.1 Å². The molecule has 1 aromatic carbocycles. The zero-order valence-electron chi connectivity index (χ0n) is 9.06. The molecule has 2 aromatic rings. The summed E-state index contributed by atoms with van der Waals surface area (Å²) in [6.07, 6.45) is 0. The smallest absolute Gasteiger partial charge is 0.0717 e. The van der Waals surface area contributed by atoms with Crippen molar-refractivity contribution in [3.05, 3.63) is 52.7 Å². The molecule has 3 heteroatoms. The minimum atomic E-state index is 0.687. The van der Waals surface area contributed by atoms with Crippen LogP contribution in [0.1, 0.15) is 5.56 Å². The van der Waals surface area contributed by atoms with E-state index in [-0.39, 0.29) is 0 Å². The summed E-state index contributed by atoms with van der Waals surface area (Å²) in [4.78, 5) is 0. The average molecular weight is 233 g/mol. The second-order valence-corrected chi connectivity index (χ2v) is 4.26. The van der Waals surface area contributed by atoms with E-state index in [2.05, 4.69) is 34.3 Å². The van der Waals surface area contributed by atoms with Gasteiger partial charge in [-0.05, 0) is 17.0 Å². The van der Waals surface area contributed by atoms with Crippen LogP contribution in [0.3, 0.4) is 0 Å². The highest BCUT2D eigenvalue weighted by Crippen LogP contribution is 2.10. The molecule has 0 radical (unpaired) electrons. The first kappa shape index (κ1) is 11.2. The van der Waals surface area contributed by atoms with Gasteiger partial charge in [-0.2, -0.15) is 11.3 Å². The van der Waals surface area contributed by atoms with Crippen molar-refractivity contribution in [2.24, 2.45) is 0 Å². The van der Waals surface area contributed by atoms with E-state index in [0.717, 1.165) is 13.2 Å². The Kier molecular flexibility index (Phi) is 4.40. The zero-order valence-corrected chi connectivity index (χ0v) is 9.87. The number of rotatable bonds is 6. The molecule has 0 amide bonds. The summed E-state index contributed by atoms with van der Waals surface area (Å²) < 4.78 is 5.56. The van der Waals surface area contributed by atoms with Crippen LogP contribution in [0.25, 0.3) is 0 Å². The van der Waals surface area contributed by atoms with Crippen molar-refractivity contribution in [2.45, 2.75) is 6.61 Å². The lowest BCUT2D eigenvalue weighted by molar-refractivity contribution is 0.130. The molecule has 1 N–H and O–H groups in total. The van der Waals surface area contributed by atoms with Gasteiger partial charge in [-0.15, -0.1) is 0 Å². The minimum Gasteiger partial charge on any atom is -0.382 e. The van der Waals surface area contributed by atoms with E-state index in [1.165, 1.54) is 11.3 Å². The van der Waals surface area contributed by atoms with Gasteiger partial charge >= 0.3 is 0 Å².